The molecule has 1 aromatic heterocycles. The molecule has 0 radical (unpaired) electrons. The normalized spacial score (nSPS) is 16.3. The van der Waals surface area contributed by atoms with Crippen LogP contribution in [-0.2, 0) is 6.54 Å². The number of ether oxygens (including phenoxy) is 2. The Morgan fingerprint density at radius 3 is 2.35 bits per heavy atom. The van der Waals surface area contributed by atoms with E-state index < -0.39 is 0 Å². The highest BCUT2D eigenvalue weighted by Crippen LogP contribution is 2.35. The standard InChI is InChI=1S/C22H27FN6O2/c1-27-10-12-28(13-11-27)21(17-6-9-19(30-2)20(14-17)31-3)22-24-25-26-29(22)15-16-4-7-18(23)8-5-16/h4-9,14,21H,10-13,15H2,1-3H3/t21-/m1/s1. The zero-order valence-corrected chi connectivity index (χ0v) is 18.0. The van der Waals surface area contributed by atoms with Gasteiger partial charge in [0.25, 0.3) is 0 Å². The van der Waals surface area contributed by atoms with Crippen molar-refractivity contribution in [2.45, 2.75) is 12.6 Å². The maximum Gasteiger partial charge on any atom is 0.173 e. The molecule has 0 amide bonds. The second-order valence-electron chi connectivity index (χ2n) is 7.68. The summed E-state index contributed by atoms with van der Waals surface area (Å²) in [5, 5.41) is 12.6. The third-order valence-electron chi connectivity index (χ3n) is 5.68. The Hall–Kier alpha value is -3.04. The van der Waals surface area contributed by atoms with Crippen molar-refractivity contribution >= 4 is 0 Å². The van der Waals surface area contributed by atoms with E-state index in [0.717, 1.165) is 43.1 Å². The molecule has 164 valence electrons. The van der Waals surface area contributed by atoms with Gasteiger partial charge in [-0.15, -0.1) is 5.10 Å². The molecule has 8 nitrogen and oxygen atoms in total. The van der Waals surface area contributed by atoms with E-state index in [1.54, 1.807) is 31.0 Å². The monoisotopic (exact) mass is 426 g/mol. The molecule has 0 unspecified atom stereocenters. The van der Waals surface area contributed by atoms with E-state index >= 15 is 0 Å². The molecule has 1 atom stereocenters. The average Bonchev–Trinajstić information content (AvgIpc) is 3.24. The highest BCUT2D eigenvalue weighted by molar-refractivity contribution is 5.45. The van der Waals surface area contributed by atoms with Gasteiger partial charge in [-0.1, -0.05) is 18.2 Å². The van der Waals surface area contributed by atoms with Crippen molar-refractivity contribution < 1.29 is 13.9 Å². The number of tetrazole rings is 1. The van der Waals surface area contributed by atoms with Crippen molar-refractivity contribution in [1.82, 2.24) is 30.0 Å². The van der Waals surface area contributed by atoms with Crippen LogP contribution in [0.5, 0.6) is 11.5 Å². The van der Waals surface area contributed by atoms with Crippen molar-refractivity contribution in [2.75, 3.05) is 47.4 Å². The second kappa shape index (κ2) is 9.40. The van der Waals surface area contributed by atoms with Gasteiger partial charge in [-0.05, 0) is 52.9 Å². The van der Waals surface area contributed by atoms with Gasteiger partial charge in [-0.25, -0.2) is 9.07 Å². The summed E-state index contributed by atoms with van der Waals surface area (Å²) in [5.41, 5.74) is 1.96. The highest BCUT2D eigenvalue weighted by Gasteiger charge is 2.30. The third kappa shape index (κ3) is 4.67. The van der Waals surface area contributed by atoms with E-state index in [1.807, 2.05) is 18.2 Å². The van der Waals surface area contributed by atoms with Crippen LogP contribution in [0, 0.1) is 5.82 Å². The van der Waals surface area contributed by atoms with Crippen LogP contribution >= 0.6 is 0 Å². The van der Waals surface area contributed by atoms with E-state index in [2.05, 4.69) is 32.4 Å². The first-order valence-corrected chi connectivity index (χ1v) is 10.2. The predicted molar refractivity (Wildman–Crippen MR) is 114 cm³/mol. The number of hydrogen-bond donors (Lipinski definition) is 0. The van der Waals surface area contributed by atoms with E-state index in [-0.39, 0.29) is 11.9 Å². The van der Waals surface area contributed by atoms with Crippen LogP contribution in [0.3, 0.4) is 0 Å². The summed E-state index contributed by atoms with van der Waals surface area (Å²) in [7, 11) is 5.38. The number of rotatable bonds is 7. The Morgan fingerprint density at radius 1 is 0.968 bits per heavy atom. The lowest BCUT2D eigenvalue weighted by atomic mass is 10.0. The van der Waals surface area contributed by atoms with Crippen molar-refractivity contribution in [3.63, 3.8) is 0 Å². The molecule has 4 rings (SSSR count). The molecule has 0 saturated carbocycles. The molecule has 1 aliphatic heterocycles. The van der Waals surface area contributed by atoms with Gasteiger partial charge in [0, 0.05) is 26.2 Å². The first-order valence-electron chi connectivity index (χ1n) is 10.2. The van der Waals surface area contributed by atoms with Crippen molar-refractivity contribution in [2.24, 2.45) is 0 Å². The molecule has 31 heavy (non-hydrogen) atoms. The number of hydrogen-bond acceptors (Lipinski definition) is 7. The minimum absolute atomic E-state index is 0.149. The maximum absolute atomic E-state index is 13.3. The largest absolute Gasteiger partial charge is 0.493 e. The van der Waals surface area contributed by atoms with E-state index in [9.17, 15) is 4.39 Å². The topological polar surface area (TPSA) is 68.5 Å². The number of likely N-dealkylation sites (N-methyl/N-ethyl adjacent to an activating group) is 1. The lowest BCUT2D eigenvalue weighted by molar-refractivity contribution is 0.121. The number of methoxy groups -OCH3 is 2. The SMILES string of the molecule is COc1ccc([C@H](c2nnnn2Cc2ccc(F)cc2)N2CCN(C)CC2)cc1OC. The summed E-state index contributed by atoms with van der Waals surface area (Å²) < 4.78 is 26.1. The second-order valence-corrected chi connectivity index (χ2v) is 7.68. The Balaban J connectivity index is 1.72. The van der Waals surface area contributed by atoms with Crippen LogP contribution < -0.4 is 9.47 Å². The number of halogens is 1. The first-order chi connectivity index (χ1) is 15.1. The van der Waals surface area contributed by atoms with Gasteiger partial charge in [0.1, 0.15) is 5.82 Å². The highest BCUT2D eigenvalue weighted by atomic mass is 19.1. The molecular formula is C22H27FN6O2. The molecule has 0 spiro atoms. The Morgan fingerprint density at radius 2 is 1.68 bits per heavy atom. The molecule has 1 aliphatic rings. The van der Waals surface area contributed by atoms with Crippen molar-refractivity contribution in [1.29, 1.82) is 0 Å². The predicted octanol–water partition coefficient (Wildman–Crippen LogP) is 2.21. The van der Waals surface area contributed by atoms with Crippen LogP contribution in [0.4, 0.5) is 4.39 Å². The van der Waals surface area contributed by atoms with E-state index in [1.165, 1.54) is 12.1 Å². The minimum Gasteiger partial charge on any atom is -0.493 e. The first kappa shape index (κ1) is 21.2. The summed E-state index contributed by atoms with van der Waals surface area (Å²) in [6, 6.07) is 12.2. The van der Waals surface area contributed by atoms with Crippen molar-refractivity contribution in [3.05, 3.63) is 65.2 Å². The van der Waals surface area contributed by atoms with E-state index in [0.29, 0.717) is 18.0 Å². The summed E-state index contributed by atoms with van der Waals surface area (Å²) in [5.74, 6) is 1.81. The van der Waals surface area contributed by atoms with Crippen LogP contribution in [-0.4, -0.2) is 77.5 Å². The van der Waals surface area contributed by atoms with Gasteiger partial charge < -0.3 is 14.4 Å². The van der Waals surface area contributed by atoms with Gasteiger partial charge in [0.2, 0.25) is 0 Å². The summed E-state index contributed by atoms with van der Waals surface area (Å²) >= 11 is 0. The maximum atomic E-state index is 13.3. The minimum atomic E-state index is -0.263. The summed E-state index contributed by atoms with van der Waals surface area (Å²) in [6.45, 7) is 4.16. The Bertz CT molecular complexity index is 1000. The van der Waals surface area contributed by atoms with Crippen LogP contribution in [0.2, 0.25) is 0 Å². The number of nitrogens with zero attached hydrogens (tertiary/aromatic N) is 6. The quantitative estimate of drug-likeness (QED) is 0.574. The fourth-order valence-corrected chi connectivity index (χ4v) is 3.91. The van der Waals surface area contributed by atoms with Crippen LogP contribution in [0.1, 0.15) is 23.0 Å². The molecule has 0 N–H and O–H groups in total. The molecule has 1 fully saturated rings. The molecule has 0 aliphatic carbocycles. The molecule has 1 saturated heterocycles. The molecular weight excluding hydrogens is 399 g/mol. The van der Waals surface area contributed by atoms with Gasteiger partial charge in [-0.2, -0.15) is 0 Å². The van der Waals surface area contributed by atoms with Gasteiger partial charge in [0.05, 0.1) is 26.8 Å². The smallest absolute Gasteiger partial charge is 0.173 e. The third-order valence-corrected chi connectivity index (χ3v) is 5.68. The lowest BCUT2D eigenvalue weighted by Crippen LogP contribution is -2.46. The zero-order valence-electron chi connectivity index (χ0n) is 18.0. The zero-order chi connectivity index (χ0) is 21.8. The van der Waals surface area contributed by atoms with Crippen LogP contribution in [0.25, 0.3) is 0 Å². The van der Waals surface area contributed by atoms with Gasteiger partial charge >= 0.3 is 0 Å². The number of benzene rings is 2. The lowest BCUT2D eigenvalue weighted by Gasteiger charge is -2.37. The summed E-state index contributed by atoms with van der Waals surface area (Å²) in [4.78, 5) is 4.69. The molecule has 9 heteroatoms. The number of piperazine rings is 1. The fourth-order valence-electron chi connectivity index (χ4n) is 3.91. The Labute approximate surface area is 181 Å². The van der Waals surface area contributed by atoms with Gasteiger partial charge in [-0.3, -0.25) is 4.90 Å². The fraction of sp³-hybridized carbons (Fsp3) is 0.409. The molecule has 0 bridgehead atoms. The average molecular weight is 426 g/mol. The number of aromatic nitrogens is 4. The van der Waals surface area contributed by atoms with E-state index in [4.69, 9.17) is 9.47 Å². The van der Waals surface area contributed by atoms with Gasteiger partial charge in [0.15, 0.2) is 17.3 Å². The molecule has 2 aromatic carbocycles. The molecule has 3 aromatic rings. The Kier molecular flexibility index (Phi) is 6.43. The summed E-state index contributed by atoms with van der Waals surface area (Å²) in [6.07, 6.45) is 0. The van der Waals surface area contributed by atoms with Crippen LogP contribution in [0.15, 0.2) is 42.5 Å². The van der Waals surface area contributed by atoms with Crippen molar-refractivity contribution in [3.8, 4) is 11.5 Å². The molecule has 2 heterocycles.